The highest BCUT2D eigenvalue weighted by molar-refractivity contribution is 7.99. The van der Waals surface area contributed by atoms with Gasteiger partial charge in [0.2, 0.25) is 0 Å². The number of fused-ring (bicyclic) bond motifs is 1. The molecule has 2 heterocycles. The molecule has 114 valence electrons. The molecule has 1 fully saturated rings. The number of hydrogen-bond donors (Lipinski definition) is 2. The number of hydrogen-bond acceptors (Lipinski definition) is 4. The molecular formula is C16H22N2O2S. The van der Waals surface area contributed by atoms with E-state index < -0.39 is 5.97 Å². The molecule has 0 atom stereocenters. The summed E-state index contributed by atoms with van der Waals surface area (Å²) >= 11 is 2.01. The van der Waals surface area contributed by atoms with Crippen molar-refractivity contribution in [3.8, 4) is 0 Å². The normalized spacial score (nSPS) is 19.0. The van der Waals surface area contributed by atoms with E-state index in [-0.39, 0.29) is 0 Å². The topological polar surface area (TPSA) is 62.2 Å². The number of thioether (sulfide) groups is 1. The molecule has 2 N–H and O–H groups in total. The fraction of sp³-hybridized carbons (Fsp3) is 0.625. The van der Waals surface area contributed by atoms with Crippen LogP contribution in [0.5, 0.6) is 0 Å². The second-order valence-electron chi connectivity index (χ2n) is 5.94. The number of aromatic nitrogens is 1. The first-order valence-corrected chi connectivity index (χ1v) is 8.97. The van der Waals surface area contributed by atoms with Gasteiger partial charge >= 0.3 is 5.97 Å². The molecule has 0 unspecified atom stereocenters. The van der Waals surface area contributed by atoms with Crippen LogP contribution in [0, 0.1) is 5.92 Å². The number of nitrogens with zero attached hydrogens (tertiary/aromatic N) is 1. The number of nitrogens with one attached hydrogen (secondary N) is 1. The number of carboxylic acid groups (broad SMARTS) is 1. The summed E-state index contributed by atoms with van der Waals surface area (Å²) in [7, 11) is 0. The summed E-state index contributed by atoms with van der Waals surface area (Å²) < 4.78 is 0. The van der Waals surface area contributed by atoms with Crippen LogP contribution in [0.3, 0.4) is 0 Å². The third-order valence-corrected chi connectivity index (χ3v) is 5.48. The third-order valence-electron chi connectivity index (χ3n) is 4.43. The molecule has 0 bridgehead atoms. The van der Waals surface area contributed by atoms with Gasteiger partial charge in [0.05, 0.1) is 0 Å². The van der Waals surface area contributed by atoms with Gasteiger partial charge in [-0.05, 0) is 67.6 Å². The summed E-state index contributed by atoms with van der Waals surface area (Å²) in [5.74, 6) is 2.77. The van der Waals surface area contributed by atoms with E-state index in [1.165, 1.54) is 24.3 Å². The monoisotopic (exact) mass is 306 g/mol. The maximum atomic E-state index is 11.5. The van der Waals surface area contributed by atoms with Gasteiger partial charge in [0.1, 0.15) is 11.4 Å². The summed E-state index contributed by atoms with van der Waals surface area (Å²) in [6.07, 6.45) is 6.66. The first-order chi connectivity index (χ1) is 10.2. The number of aromatic carboxylic acids is 1. The van der Waals surface area contributed by atoms with Gasteiger partial charge in [-0.3, -0.25) is 0 Å². The van der Waals surface area contributed by atoms with Crippen molar-refractivity contribution in [3.63, 3.8) is 0 Å². The lowest BCUT2D eigenvalue weighted by Crippen LogP contribution is -2.21. The molecule has 1 aliphatic carbocycles. The highest BCUT2D eigenvalue weighted by atomic mass is 32.2. The lowest BCUT2D eigenvalue weighted by molar-refractivity contribution is 0.0697. The summed E-state index contributed by atoms with van der Waals surface area (Å²) in [5.41, 5.74) is 2.55. The Morgan fingerprint density at radius 2 is 2.10 bits per heavy atom. The SMILES string of the molecule is O=C(O)c1cc2c(nc1NCC1CCSCC1)CCCC2. The van der Waals surface area contributed by atoms with E-state index in [9.17, 15) is 9.90 Å². The third kappa shape index (κ3) is 3.51. The van der Waals surface area contributed by atoms with Crippen LogP contribution >= 0.6 is 11.8 Å². The average Bonchev–Trinajstić information content (AvgIpc) is 2.53. The van der Waals surface area contributed by atoms with Crippen molar-refractivity contribution in [2.24, 2.45) is 5.92 Å². The first kappa shape index (κ1) is 14.7. The van der Waals surface area contributed by atoms with Crippen LogP contribution in [0.2, 0.25) is 0 Å². The Balaban J connectivity index is 1.77. The Morgan fingerprint density at radius 3 is 2.86 bits per heavy atom. The Labute approximate surface area is 129 Å². The van der Waals surface area contributed by atoms with E-state index in [1.54, 1.807) is 0 Å². The zero-order chi connectivity index (χ0) is 14.7. The largest absolute Gasteiger partial charge is 0.478 e. The van der Waals surface area contributed by atoms with Crippen LogP contribution in [0.4, 0.5) is 5.82 Å². The number of pyridine rings is 1. The minimum absolute atomic E-state index is 0.334. The van der Waals surface area contributed by atoms with Crippen molar-refractivity contribution < 1.29 is 9.90 Å². The zero-order valence-electron chi connectivity index (χ0n) is 12.2. The van der Waals surface area contributed by atoms with Crippen molar-refractivity contribution >= 4 is 23.5 Å². The summed E-state index contributed by atoms with van der Waals surface area (Å²) in [6.45, 7) is 0.840. The van der Waals surface area contributed by atoms with Gasteiger partial charge in [-0.25, -0.2) is 9.78 Å². The Bertz CT molecular complexity index is 527. The standard InChI is InChI=1S/C16H22N2O2S/c19-16(20)13-9-12-3-1-2-4-14(12)18-15(13)17-10-11-5-7-21-8-6-11/h9,11H,1-8,10H2,(H,17,18)(H,19,20). The molecule has 1 aromatic heterocycles. The van der Waals surface area contributed by atoms with Gasteiger partial charge in [-0.1, -0.05) is 0 Å². The fourth-order valence-electron chi connectivity index (χ4n) is 3.12. The lowest BCUT2D eigenvalue weighted by Gasteiger charge is -2.23. The minimum Gasteiger partial charge on any atom is -0.478 e. The lowest BCUT2D eigenvalue weighted by atomic mass is 9.94. The molecule has 0 saturated carbocycles. The first-order valence-electron chi connectivity index (χ1n) is 7.82. The number of rotatable bonds is 4. The van der Waals surface area contributed by atoms with Crippen LogP contribution < -0.4 is 5.32 Å². The van der Waals surface area contributed by atoms with Gasteiger partial charge in [-0.2, -0.15) is 11.8 Å². The maximum Gasteiger partial charge on any atom is 0.339 e. The van der Waals surface area contributed by atoms with Gasteiger partial charge < -0.3 is 10.4 Å². The van der Waals surface area contributed by atoms with E-state index in [1.807, 2.05) is 17.8 Å². The van der Waals surface area contributed by atoms with Crippen LogP contribution in [-0.2, 0) is 12.8 Å². The second-order valence-corrected chi connectivity index (χ2v) is 7.16. The molecule has 2 aliphatic rings. The van der Waals surface area contributed by atoms with Crippen molar-refractivity contribution in [1.29, 1.82) is 0 Å². The van der Waals surface area contributed by atoms with E-state index in [0.717, 1.165) is 43.5 Å². The molecule has 0 radical (unpaired) electrons. The van der Waals surface area contributed by atoms with Crippen LogP contribution in [0.15, 0.2) is 6.07 Å². The van der Waals surface area contributed by atoms with Gasteiger partial charge in [0, 0.05) is 12.2 Å². The molecule has 5 heteroatoms. The number of carboxylic acids is 1. The summed E-state index contributed by atoms with van der Waals surface area (Å²) in [4.78, 5) is 16.1. The number of anilines is 1. The van der Waals surface area contributed by atoms with E-state index in [0.29, 0.717) is 17.3 Å². The van der Waals surface area contributed by atoms with E-state index >= 15 is 0 Å². The van der Waals surface area contributed by atoms with E-state index in [4.69, 9.17) is 0 Å². The number of aryl methyl sites for hydroxylation is 2. The van der Waals surface area contributed by atoms with Crippen molar-refractivity contribution in [1.82, 2.24) is 4.98 Å². The fourth-order valence-corrected chi connectivity index (χ4v) is 4.33. The van der Waals surface area contributed by atoms with Crippen molar-refractivity contribution in [2.75, 3.05) is 23.4 Å². The highest BCUT2D eigenvalue weighted by Crippen LogP contribution is 2.26. The van der Waals surface area contributed by atoms with Crippen LogP contribution in [0.25, 0.3) is 0 Å². The molecule has 21 heavy (non-hydrogen) atoms. The average molecular weight is 306 g/mol. The molecule has 3 rings (SSSR count). The van der Waals surface area contributed by atoms with E-state index in [2.05, 4.69) is 10.3 Å². The van der Waals surface area contributed by atoms with Crippen LogP contribution in [0.1, 0.15) is 47.3 Å². The van der Waals surface area contributed by atoms with Crippen molar-refractivity contribution in [3.05, 3.63) is 22.9 Å². The Hall–Kier alpha value is -1.23. The molecule has 0 amide bonds. The highest BCUT2D eigenvalue weighted by Gasteiger charge is 2.20. The summed E-state index contributed by atoms with van der Waals surface area (Å²) in [6, 6.07) is 1.84. The predicted molar refractivity (Wildman–Crippen MR) is 86.4 cm³/mol. The molecular weight excluding hydrogens is 284 g/mol. The van der Waals surface area contributed by atoms with Gasteiger partial charge in [-0.15, -0.1) is 0 Å². The maximum absolute atomic E-state index is 11.5. The molecule has 1 saturated heterocycles. The van der Waals surface area contributed by atoms with Crippen molar-refractivity contribution in [2.45, 2.75) is 38.5 Å². The van der Waals surface area contributed by atoms with Crippen LogP contribution in [-0.4, -0.2) is 34.1 Å². The minimum atomic E-state index is -0.877. The predicted octanol–water partition coefficient (Wildman–Crippen LogP) is 3.21. The molecule has 0 aromatic carbocycles. The van der Waals surface area contributed by atoms with Gasteiger partial charge in [0.15, 0.2) is 0 Å². The quantitative estimate of drug-likeness (QED) is 0.894. The van der Waals surface area contributed by atoms with Gasteiger partial charge in [0.25, 0.3) is 0 Å². The number of carbonyl (C=O) groups is 1. The Morgan fingerprint density at radius 1 is 1.33 bits per heavy atom. The molecule has 0 spiro atoms. The summed E-state index contributed by atoms with van der Waals surface area (Å²) in [5, 5.41) is 12.7. The zero-order valence-corrected chi connectivity index (χ0v) is 13.0. The smallest absolute Gasteiger partial charge is 0.339 e. The second kappa shape index (κ2) is 6.69. The Kier molecular flexibility index (Phi) is 4.68. The molecule has 4 nitrogen and oxygen atoms in total. The molecule has 1 aromatic rings. The molecule has 1 aliphatic heterocycles.